The number of hydrogen-bond donors (Lipinski definition) is 1. The Hall–Kier alpha value is -1.03. The fourth-order valence-electron chi connectivity index (χ4n) is 1.48. The van der Waals surface area contributed by atoms with Crippen molar-refractivity contribution in [2.75, 3.05) is 6.61 Å². The number of aliphatic imine (C=N–C) groups is 1. The van der Waals surface area contributed by atoms with Gasteiger partial charge in [-0.2, -0.15) is 0 Å². The highest BCUT2D eigenvalue weighted by Gasteiger charge is 2.32. The standard InChI is InChI=1S/C10H11BrN2O/c1-10(6-14-9(12)13-10)7-2-4-8(11)5-3-7/h2-5H,6H2,1H3,(H2,12,13)/t10-/m1/s1. The van der Waals surface area contributed by atoms with Crippen molar-refractivity contribution in [1.82, 2.24) is 0 Å². The van der Waals surface area contributed by atoms with Crippen molar-refractivity contribution in [1.29, 1.82) is 0 Å². The number of ether oxygens (including phenoxy) is 1. The molecular formula is C10H11BrN2O. The van der Waals surface area contributed by atoms with E-state index in [0.717, 1.165) is 10.0 Å². The van der Waals surface area contributed by atoms with Crippen LogP contribution < -0.4 is 5.73 Å². The van der Waals surface area contributed by atoms with E-state index in [-0.39, 0.29) is 11.6 Å². The number of benzene rings is 1. The van der Waals surface area contributed by atoms with Crippen molar-refractivity contribution in [3.8, 4) is 0 Å². The molecular weight excluding hydrogens is 244 g/mol. The molecule has 3 nitrogen and oxygen atoms in total. The van der Waals surface area contributed by atoms with Gasteiger partial charge in [-0.25, -0.2) is 4.99 Å². The molecule has 0 amide bonds. The Kier molecular flexibility index (Phi) is 2.23. The summed E-state index contributed by atoms with van der Waals surface area (Å²) in [6.45, 7) is 2.52. The van der Waals surface area contributed by atoms with E-state index >= 15 is 0 Å². The molecule has 74 valence electrons. The summed E-state index contributed by atoms with van der Waals surface area (Å²) in [5.41, 5.74) is 6.28. The van der Waals surface area contributed by atoms with Gasteiger partial charge in [-0.15, -0.1) is 0 Å². The molecule has 2 rings (SSSR count). The Labute approximate surface area is 91.1 Å². The molecule has 0 saturated heterocycles. The highest BCUT2D eigenvalue weighted by Crippen LogP contribution is 2.30. The van der Waals surface area contributed by atoms with Crippen LogP contribution in [0.3, 0.4) is 0 Å². The maximum absolute atomic E-state index is 5.50. The zero-order valence-corrected chi connectivity index (χ0v) is 9.41. The predicted octanol–water partition coefficient (Wildman–Crippen LogP) is 2.01. The maximum atomic E-state index is 5.50. The molecule has 4 heteroatoms. The topological polar surface area (TPSA) is 47.6 Å². The molecule has 1 heterocycles. The molecule has 14 heavy (non-hydrogen) atoms. The van der Waals surface area contributed by atoms with Crippen LogP contribution in [-0.4, -0.2) is 12.6 Å². The summed E-state index contributed by atoms with van der Waals surface area (Å²) in [4.78, 5) is 4.28. The minimum absolute atomic E-state index is 0.274. The van der Waals surface area contributed by atoms with Gasteiger partial charge in [0.1, 0.15) is 12.1 Å². The molecule has 1 aliphatic heterocycles. The molecule has 0 spiro atoms. The van der Waals surface area contributed by atoms with E-state index < -0.39 is 0 Å². The zero-order chi connectivity index (χ0) is 10.2. The van der Waals surface area contributed by atoms with Crippen LogP contribution in [0.25, 0.3) is 0 Å². The van der Waals surface area contributed by atoms with Gasteiger partial charge in [0.15, 0.2) is 0 Å². The summed E-state index contributed by atoms with van der Waals surface area (Å²) >= 11 is 3.39. The van der Waals surface area contributed by atoms with Crippen molar-refractivity contribution in [2.24, 2.45) is 10.7 Å². The van der Waals surface area contributed by atoms with Crippen molar-refractivity contribution in [2.45, 2.75) is 12.5 Å². The van der Waals surface area contributed by atoms with Crippen molar-refractivity contribution in [3.63, 3.8) is 0 Å². The van der Waals surface area contributed by atoms with E-state index in [1.165, 1.54) is 0 Å². The summed E-state index contributed by atoms with van der Waals surface area (Å²) in [5, 5.41) is 0. The van der Waals surface area contributed by atoms with Gasteiger partial charge in [0.25, 0.3) is 6.02 Å². The first-order valence-electron chi connectivity index (χ1n) is 4.34. The molecule has 0 fully saturated rings. The van der Waals surface area contributed by atoms with Gasteiger partial charge >= 0.3 is 0 Å². The first-order chi connectivity index (χ1) is 6.60. The Balaban J connectivity index is 2.35. The second-order valence-electron chi connectivity index (χ2n) is 3.52. The minimum Gasteiger partial charge on any atom is -0.462 e. The van der Waals surface area contributed by atoms with Crippen molar-refractivity contribution < 1.29 is 4.74 Å². The average molecular weight is 255 g/mol. The smallest absolute Gasteiger partial charge is 0.283 e. The van der Waals surface area contributed by atoms with E-state index in [1.54, 1.807) is 0 Å². The van der Waals surface area contributed by atoms with Gasteiger partial charge in [-0.3, -0.25) is 0 Å². The SMILES string of the molecule is C[C@]1(c2ccc(Br)cc2)COC(N)=N1. The summed E-state index contributed by atoms with van der Waals surface area (Å²) in [6.07, 6.45) is 0. The summed E-state index contributed by atoms with van der Waals surface area (Å²) in [5.74, 6) is 0. The van der Waals surface area contributed by atoms with Crippen LogP contribution in [-0.2, 0) is 10.3 Å². The van der Waals surface area contributed by atoms with E-state index in [1.807, 2.05) is 31.2 Å². The van der Waals surface area contributed by atoms with Crippen LogP contribution in [0.4, 0.5) is 0 Å². The van der Waals surface area contributed by atoms with E-state index in [9.17, 15) is 0 Å². The number of amidine groups is 1. The Morgan fingerprint density at radius 3 is 2.57 bits per heavy atom. The van der Waals surface area contributed by atoms with E-state index in [4.69, 9.17) is 10.5 Å². The third-order valence-corrected chi connectivity index (χ3v) is 2.85. The predicted molar refractivity (Wildman–Crippen MR) is 59.1 cm³/mol. The van der Waals surface area contributed by atoms with E-state index in [0.29, 0.717) is 6.61 Å². The highest BCUT2D eigenvalue weighted by atomic mass is 79.9. The maximum Gasteiger partial charge on any atom is 0.283 e. The van der Waals surface area contributed by atoms with E-state index in [2.05, 4.69) is 20.9 Å². The largest absolute Gasteiger partial charge is 0.462 e. The molecule has 1 aromatic rings. The lowest BCUT2D eigenvalue weighted by atomic mass is 9.94. The fraction of sp³-hybridized carbons (Fsp3) is 0.300. The molecule has 2 N–H and O–H groups in total. The number of halogens is 1. The van der Waals surface area contributed by atoms with Crippen LogP contribution in [0.1, 0.15) is 12.5 Å². The number of nitrogens with zero attached hydrogens (tertiary/aromatic N) is 1. The lowest BCUT2D eigenvalue weighted by molar-refractivity contribution is 0.266. The zero-order valence-electron chi connectivity index (χ0n) is 7.83. The summed E-state index contributed by atoms with van der Waals surface area (Å²) in [7, 11) is 0. The number of hydrogen-bond acceptors (Lipinski definition) is 3. The molecule has 0 bridgehead atoms. The number of nitrogens with two attached hydrogens (primary N) is 1. The molecule has 0 saturated carbocycles. The Morgan fingerprint density at radius 1 is 1.43 bits per heavy atom. The quantitative estimate of drug-likeness (QED) is 0.834. The summed E-state index contributed by atoms with van der Waals surface area (Å²) in [6, 6.07) is 8.30. The molecule has 0 aromatic heterocycles. The molecule has 1 aromatic carbocycles. The molecule has 0 unspecified atom stereocenters. The van der Waals surface area contributed by atoms with Gasteiger partial charge in [0.2, 0.25) is 0 Å². The third kappa shape index (κ3) is 1.62. The van der Waals surface area contributed by atoms with Gasteiger partial charge < -0.3 is 10.5 Å². The minimum atomic E-state index is -0.329. The second-order valence-corrected chi connectivity index (χ2v) is 4.44. The lowest BCUT2D eigenvalue weighted by Gasteiger charge is -2.18. The van der Waals surface area contributed by atoms with Crippen LogP contribution in [0.2, 0.25) is 0 Å². The van der Waals surface area contributed by atoms with Gasteiger partial charge in [-0.05, 0) is 24.6 Å². The van der Waals surface area contributed by atoms with Crippen molar-refractivity contribution >= 4 is 22.0 Å². The highest BCUT2D eigenvalue weighted by molar-refractivity contribution is 9.10. The lowest BCUT2D eigenvalue weighted by Crippen LogP contribution is -2.20. The van der Waals surface area contributed by atoms with Gasteiger partial charge in [0, 0.05) is 4.47 Å². The molecule has 1 atom stereocenters. The van der Waals surface area contributed by atoms with Gasteiger partial charge in [0.05, 0.1) is 0 Å². The third-order valence-electron chi connectivity index (χ3n) is 2.32. The normalized spacial score (nSPS) is 25.7. The van der Waals surface area contributed by atoms with Crippen LogP contribution in [0, 0.1) is 0 Å². The van der Waals surface area contributed by atoms with Gasteiger partial charge in [-0.1, -0.05) is 28.1 Å². The summed E-state index contributed by atoms with van der Waals surface area (Å²) < 4.78 is 6.23. The average Bonchev–Trinajstić information content (AvgIpc) is 2.48. The molecule has 1 aliphatic rings. The fourth-order valence-corrected chi connectivity index (χ4v) is 1.74. The van der Waals surface area contributed by atoms with Crippen LogP contribution in [0.5, 0.6) is 0 Å². The molecule has 0 radical (unpaired) electrons. The molecule has 0 aliphatic carbocycles. The Morgan fingerprint density at radius 2 is 2.07 bits per heavy atom. The monoisotopic (exact) mass is 254 g/mol. The van der Waals surface area contributed by atoms with Crippen LogP contribution in [0.15, 0.2) is 33.7 Å². The Bertz CT molecular complexity index is 374. The van der Waals surface area contributed by atoms with Crippen LogP contribution >= 0.6 is 15.9 Å². The van der Waals surface area contributed by atoms with Crippen molar-refractivity contribution in [3.05, 3.63) is 34.3 Å². The first kappa shape index (κ1) is 9.52. The first-order valence-corrected chi connectivity index (χ1v) is 5.14. The second kappa shape index (κ2) is 3.28. The number of rotatable bonds is 1.